The number of carbonyl (C=O) groups excluding carboxylic acids is 1. The Kier molecular flexibility index (Phi) is 5.12. The molecule has 1 rings (SSSR count). The maximum absolute atomic E-state index is 11.6. The minimum atomic E-state index is -1.10. The molecule has 0 fully saturated rings. The second kappa shape index (κ2) is 6.37. The summed E-state index contributed by atoms with van der Waals surface area (Å²) >= 11 is 5.78. The molecule has 0 radical (unpaired) electrons. The summed E-state index contributed by atoms with van der Waals surface area (Å²) < 4.78 is 0. The van der Waals surface area contributed by atoms with E-state index in [-0.39, 0.29) is 17.2 Å². The quantitative estimate of drug-likeness (QED) is 0.858. The maximum Gasteiger partial charge on any atom is 0.337 e. The van der Waals surface area contributed by atoms with Crippen LogP contribution in [-0.4, -0.2) is 42.5 Å². The summed E-state index contributed by atoms with van der Waals surface area (Å²) in [6.07, 6.45) is 0.290. The van der Waals surface area contributed by atoms with E-state index in [9.17, 15) is 9.59 Å². The van der Waals surface area contributed by atoms with E-state index >= 15 is 0 Å². The fourth-order valence-electron chi connectivity index (χ4n) is 1.34. The lowest BCUT2D eigenvalue weighted by Gasteiger charge is -2.11. The number of aromatic carboxylic acids is 1. The van der Waals surface area contributed by atoms with Gasteiger partial charge in [0.15, 0.2) is 0 Å². The van der Waals surface area contributed by atoms with Gasteiger partial charge in [-0.25, -0.2) is 4.79 Å². The first-order valence-corrected chi connectivity index (χ1v) is 5.75. The van der Waals surface area contributed by atoms with Crippen molar-refractivity contribution in [1.82, 2.24) is 4.90 Å². The fraction of sp³-hybridized carbons (Fsp3) is 0.333. The summed E-state index contributed by atoms with van der Waals surface area (Å²) in [6, 6.07) is 4.27. The van der Waals surface area contributed by atoms with Gasteiger partial charge in [-0.3, -0.25) is 4.79 Å². The number of halogens is 1. The molecule has 1 amide bonds. The van der Waals surface area contributed by atoms with Gasteiger partial charge in [-0.05, 0) is 32.3 Å². The number of rotatable bonds is 5. The molecular weight excluding hydrogens is 256 g/mol. The SMILES string of the molecule is CN(C)CCC(=O)Nc1cc(Cl)ccc1C(=O)O. The summed E-state index contributed by atoms with van der Waals surface area (Å²) in [5.74, 6) is -1.34. The van der Waals surface area contributed by atoms with Crippen LogP contribution in [0.1, 0.15) is 16.8 Å². The van der Waals surface area contributed by atoms with Crippen molar-refractivity contribution in [3.05, 3.63) is 28.8 Å². The summed E-state index contributed by atoms with van der Waals surface area (Å²) in [4.78, 5) is 24.5. The normalized spacial score (nSPS) is 10.4. The number of benzene rings is 1. The first kappa shape index (κ1) is 14.5. The van der Waals surface area contributed by atoms with Gasteiger partial charge in [0.2, 0.25) is 5.91 Å². The van der Waals surface area contributed by atoms with E-state index < -0.39 is 5.97 Å². The van der Waals surface area contributed by atoms with Crippen molar-refractivity contribution in [1.29, 1.82) is 0 Å². The molecule has 0 spiro atoms. The molecule has 0 aliphatic heterocycles. The third-order valence-corrected chi connectivity index (χ3v) is 2.51. The zero-order valence-electron chi connectivity index (χ0n) is 10.2. The van der Waals surface area contributed by atoms with Gasteiger partial charge in [-0.1, -0.05) is 11.6 Å². The van der Waals surface area contributed by atoms with Crippen LogP contribution in [0, 0.1) is 0 Å². The van der Waals surface area contributed by atoms with Crippen molar-refractivity contribution in [2.75, 3.05) is 26.0 Å². The van der Waals surface area contributed by atoms with E-state index in [1.807, 2.05) is 19.0 Å². The van der Waals surface area contributed by atoms with Crippen LogP contribution in [0.15, 0.2) is 18.2 Å². The predicted octanol–water partition coefficient (Wildman–Crippen LogP) is 1.93. The number of carboxylic acid groups (broad SMARTS) is 1. The highest BCUT2D eigenvalue weighted by atomic mass is 35.5. The van der Waals surface area contributed by atoms with Gasteiger partial charge in [-0.2, -0.15) is 0 Å². The predicted molar refractivity (Wildman–Crippen MR) is 70.2 cm³/mol. The zero-order valence-corrected chi connectivity index (χ0v) is 11.0. The van der Waals surface area contributed by atoms with Gasteiger partial charge in [0, 0.05) is 18.0 Å². The van der Waals surface area contributed by atoms with Gasteiger partial charge in [-0.15, -0.1) is 0 Å². The third kappa shape index (κ3) is 4.35. The molecule has 0 bridgehead atoms. The van der Waals surface area contributed by atoms with Gasteiger partial charge >= 0.3 is 5.97 Å². The molecule has 0 saturated heterocycles. The molecule has 0 saturated carbocycles. The number of carbonyl (C=O) groups is 2. The third-order valence-electron chi connectivity index (χ3n) is 2.27. The second-order valence-corrected chi connectivity index (χ2v) is 4.53. The Hall–Kier alpha value is -1.59. The number of amides is 1. The lowest BCUT2D eigenvalue weighted by atomic mass is 10.1. The number of hydrogen-bond donors (Lipinski definition) is 2. The molecule has 6 heteroatoms. The van der Waals surface area contributed by atoms with Crippen molar-refractivity contribution in [3.63, 3.8) is 0 Å². The maximum atomic E-state index is 11.6. The van der Waals surface area contributed by atoms with E-state index in [0.717, 1.165) is 0 Å². The number of anilines is 1. The number of hydrogen-bond acceptors (Lipinski definition) is 3. The van der Waals surface area contributed by atoms with E-state index in [4.69, 9.17) is 16.7 Å². The van der Waals surface area contributed by atoms with Crippen LogP contribution < -0.4 is 5.32 Å². The summed E-state index contributed by atoms with van der Waals surface area (Å²) in [5.41, 5.74) is 0.247. The van der Waals surface area contributed by atoms with E-state index in [1.165, 1.54) is 18.2 Å². The Bertz CT molecular complexity index is 461. The first-order chi connectivity index (χ1) is 8.40. The highest BCUT2D eigenvalue weighted by Gasteiger charge is 2.12. The summed E-state index contributed by atoms with van der Waals surface area (Å²) in [5, 5.41) is 11.9. The molecule has 0 heterocycles. The molecule has 0 aromatic heterocycles. The minimum absolute atomic E-state index is 0.0256. The standard InChI is InChI=1S/C12H15ClN2O3/c1-15(2)6-5-11(16)14-10-7-8(13)3-4-9(10)12(17)18/h3-4,7H,5-6H2,1-2H3,(H,14,16)(H,17,18). The molecule has 2 N–H and O–H groups in total. The minimum Gasteiger partial charge on any atom is -0.478 e. The van der Waals surface area contributed by atoms with E-state index in [0.29, 0.717) is 18.0 Å². The zero-order chi connectivity index (χ0) is 13.7. The molecule has 98 valence electrons. The summed E-state index contributed by atoms with van der Waals surface area (Å²) in [6.45, 7) is 0.592. The van der Waals surface area contributed by atoms with Gasteiger partial charge in [0.1, 0.15) is 0 Å². The van der Waals surface area contributed by atoms with Gasteiger partial charge in [0.05, 0.1) is 11.3 Å². The Balaban J connectivity index is 2.79. The van der Waals surface area contributed by atoms with Crippen LogP contribution in [0.3, 0.4) is 0 Å². The first-order valence-electron chi connectivity index (χ1n) is 5.37. The lowest BCUT2D eigenvalue weighted by molar-refractivity contribution is -0.116. The van der Waals surface area contributed by atoms with Crippen LogP contribution in [0.2, 0.25) is 5.02 Å². The molecule has 1 aromatic carbocycles. The average Bonchev–Trinajstić information content (AvgIpc) is 2.26. The molecule has 5 nitrogen and oxygen atoms in total. The Morgan fingerprint density at radius 2 is 2.06 bits per heavy atom. The van der Waals surface area contributed by atoms with Crippen molar-refractivity contribution in [2.45, 2.75) is 6.42 Å². The monoisotopic (exact) mass is 270 g/mol. The van der Waals surface area contributed by atoms with Gasteiger partial charge in [0.25, 0.3) is 0 Å². The highest BCUT2D eigenvalue weighted by molar-refractivity contribution is 6.31. The molecule has 0 atom stereocenters. The number of nitrogens with zero attached hydrogens (tertiary/aromatic N) is 1. The van der Waals surface area contributed by atoms with Gasteiger partial charge < -0.3 is 15.3 Å². The van der Waals surface area contributed by atoms with Crippen LogP contribution in [0.4, 0.5) is 5.69 Å². The summed E-state index contributed by atoms with van der Waals surface area (Å²) in [7, 11) is 3.71. The Morgan fingerprint density at radius 1 is 1.39 bits per heavy atom. The van der Waals surface area contributed by atoms with Crippen molar-refractivity contribution in [2.24, 2.45) is 0 Å². The molecule has 0 unspecified atom stereocenters. The molecular formula is C12H15ClN2O3. The smallest absolute Gasteiger partial charge is 0.337 e. The van der Waals surface area contributed by atoms with E-state index in [2.05, 4.69) is 5.32 Å². The van der Waals surface area contributed by atoms with Crippen LogP contribution in [-0.2, 0) is 4.79 Å². The second-order valence-electron chi connectivity index (χ2n) is 4.10. The average molecular weight is 271 g/mol. The topological polar surface area (TPSA) is 69.6 Å². The number of nitrogens with one attached hydrogen (secondary N) is 1. The van der Waals surface area contributed by atoms with Crippen molar-refractivity contribution < 1.29 is 14.7 Å². The van der Waals surface area contributed by atoms with Crippen molar-refractivity contribution >= 4 is 29.2 Å². The highest BCUT2D eigenvalue weighted by Crippen LogP contribution is 2.21. The lowest BCUT2D eigenvalue weighted by Crippen LogP contribution is -2.21. The Labute approximate surface area is 110 Å². The largest absolute Gasteiger partial charge is 0.478 e. The molecule has 1 aromatic rings. The van der Waals surface area contributed by atoms with Crippen molar-refractivity contribution in [3.8, 4) is 0 Å². The van der Waals surface area contributed by atoms with Crippen LogP contribution in [0.5, 0.6) is 0 Å². The molecule has 0 aliphatic carbocycles. The molecule has 0 aliphatic rings. The fourth-order valence-corrected chi connectivity index (χ4v) is 1.52. The van der Waals surface area contributed by atoms with Crippen LogP contribution in [0.25, 0.3) is 0 Å². The Morgan fingerprint density at radius 3 is 2.61 bits per heavy atom. The number of carboxylic acids is 1. The van der Waals surface area contributed by atoms with E-state index in [1.54, 1.807) is 0 Å². The molecule has 18 heavy (non-hydrogen) atoms. The van der Waals surface area contributed by atoms with Crippen LogP contribution >= 0.6 is 11.6 Å².